The molecular formula is C14H19FN2O2S. The molecule has 4 nitrogen and oxygen atoms in total. The third-order valence-corrected chi connectivity index (χ3v) is 6.24. The highest BCUT2D eigenvalue weighted by molar-refractivity contribution is 7.89. The van der Waals surface area contributed by atoms with Crippen LogP contribution in [0.5, 0.6) is 0 Å². The van der Waals surface area contributed by atoms with Gasteiger partial charge < -0.3 is 5.32 Å². The number of benzene rings is 1. The second-order valence-corrected chi connectivity index (χ2v) is 7.54. The molecule has 0 unspecified atom stereocenters. The number of hydrogen-bond acceptors (Lipinski definition) is 3. The zero-order chi connectivity index (χ0) is 14.3. The molecule has 2 heterocycles. The van der Waals surface area contributed by atoms with E-state index in [9.17, 15) is 12.8 Å². The zero-order valence-corrected chi connectivity index (χ0v) is 12.3. The highest BCUT2D eigenvalue weighted by atomic mass is 32.2. The summed E-state index contributed by atoms with van der Waals surface area (Å²) in [6.45, 7) is 3.78. The van der Waals surface area contributed by atoms with Crippen molar-refractivity contribution in [3.8, 4) is 0 Å². The van der Waals surface area contributed by atoms with Gasteiger partial charge in [0, 0.05) is 19.1 Å². The highest BCUT2D eigenvalue weighted by Crippen LogP contribution is 2.32. The molecule has 3 rings (SSSR count). The number of sulfonamides is 1. The van der Waals surface area contributed by atoms with Gasteiger partial charge in [-0.1, -0.05) is 6.07 Å². The van der Waals surface area contributed by atoms with Crippen LogP contribution in [0.3, 0.4) is 0 Å². The maximum absolute atomic E-state index is 13.9. The summed E-state index contributed by atoms with van der Waals surface area (Å²) >= 11 is 0. The maximum Gasteiger partial charge on any atom is 0.246 e. The standard InChI is InChI=1S/C14H19FN2O2S/c1-10-4-5-12(15)14(7-10)20(18,19)17-6-2-3-11-8-16-9-13(11)17/h4-5,7,11,13,16H,2-3,6,8-9H2,1H3/t11-,13+/m0/s1. The number of piperidine rings is 1. The molecule has 110 valence electrons. The first-order valence-electron chi connectivity index (χ1n) is 6.99. The molecule has 0 aromatic heterocycles. The van der Waals surface area contributed by atoms with Crippen molar-refractivity contribution in [3.05, 3.63) is 29.6 Å². The van der Waals surface area contributed by atoms with Gasteiger partial charge in [0.05, 0.1) is 0 Å². The molecule has 1 aromatic carbocycles. The fourth-order valence-electron chi connectivity index (χ4n) is 3.26. The van der Waals surface area contributed by atoms with E-state index in [4.69, 9.17) is 0 Å². The molecule has 2 saturated heterocycles. The van der Waals surface area contributed by atoms with E-state index in [0.29, 0.717) is 19.0 Å². The second kappa shape index (κ2) is 5.09. The Morgan fingerprint density at radius 1 is 1.35 bits per heavy atom. The van der Waals surface area contributed by atoms with E-state index in [1.54, 1.807) is 13.0 Å². The van der Waals surface area contributed by atoms with Crippen LogP contribution in [0.25, 0.3) is 0 Å². The Kier molecular flexibility index (Phi) is 3.56. The van der Waals surface area contributed by atoms with Crippen LogP contribution in [0.15, 0.2) is 23.1 Å². The Morgan fingerprint density at radius 2 is 2.15 bits per heavy atom. The maximum atomic E-state index is 13.9. The number of halogens is 1. The number of hydrogen-bond donors (Lipinski definition) is 1. The van der Waals surface area contributed by atoms with Crippen molar-refractivity contribution in [2.45, 2.75) is 30.7 Å². The van der Waals surface area contributed by atoms with Gasteiger partial charge in [0.1, 0.15) is 10.7 Å². The fraction of sp³-hybridized carbons (Fsp3) is 0.571. The average molecular weight is 298 g/mol. The van der Waals surface area contributed by atoms with Crippen LogP contribution in [-0.4, -0.2) is 38.4 Å². The topological polar surface area (TPSA) is 49.4 Å². The van der Waals surface area contributed by atoms with E-state index in [1.165, 1.54) is 16.4 Å². The van der Waals surface area contributed by atoms with Crippen molar-refractivity contribution in [2.24, 2.45) is 5.92 Å². The molecule has 0 saturated carbocycles. The molecule has 0 spiro atoms. The van der Waals surface area contributed by atoms with E-state index < -0.39 is 15.8 Å². The average Bonchev–Trinajstić information content (AvgIpc) is 2.89. The summed E-state index contributed by atoms with van der Waals surface area (Å²) in [5.74, 6) is -0.310. The molecule has 20 heavy (non-hydrogen) atoms. The second-order valence-electron chi connectivity index (χ2n) is 5.68. The Bertz CT molecular complexity index is 618. The third-order valence-electron chi connectivity index (χ3n) is 4.30. The summed E-state index contributed by atoms with van der Waals surface area (Å²) in [7, 11) is -3.75. The molecular weight excluding hydrogens is 279 g/mol. The molecule has 2 fully saturated rings. The minimum Gasteiger partial charge on any atom is -0.315 e. The van der Waals surface area contributed by atoms with Crippen molar-refractivity contribution in [2.75, 3.05) is 19.6 Å². The Morgan fingerprint density at radius 3 is 2.95 bits per heavy atom. The van der Waals surface area contributed by atoms with Gasteiger partial charge in [-0.3, -0.25) is 0 Å². The fourth-order valence-corrected chi connectivity index (χ4v) is 5.13. The van der Waals surface area contributed by atoms with E-state index >= 15 is 0 Å². The molecule has 2 aliphatic heterocycles. The van der Waals surface area contributed by atoms with Crippen LogP contribution in [0.1, 0.15) is 18.4 Å². The smallest absolute Gasteiger partial charge is 0.246 e. The summed E-state index contributed by atoms with van der Waals surface area (Å²) in [5, 5.41) is 3.24. The van der Waals surface area contributed by atoms with Gasteiger partial charge in [-0.2, -0.15) is 4.31 Å². The lowest BCUT2D eigenvalue weighted by Gasteiger charge is -2.36. The first kappa shape index (κ1) is 14.0. The molecule has 0 aliphatic carbocycles. The quantitative estimate of drug-likeness (QED) is 0.900. The Balaban J connectivity index is 2.00. The molecule has 0 radical (unpaired) electrons. The minimum atomic E-state index is -3.75. The molecule has 0 amide bonds. The lowest BCUT2D eigenvalue weighted by molar-refractivity contribution is 0.217. The van der Waals surface area contributed by atoms with E-state index in [1.807, 2.05) is 0 Å². The molecule has 0 bridgehead atoms. The Hall–Kier alpha value is -0.980. The lowest BCUT2D eigenvalue weighted by Crippen LogP contribution is -2.48. The van der Waals surface area contributed by atoms with Crippen LogP contribution in [0, 0.1) is 18.7 Å². The molecule has 1 N–H and O–H groups in total. The number of nitrogens with zero attached hydrogens (tertiary/aromatic N) is 1. The summed E-state index contributed by atoms with van der Waals surface area (Å²) in [4.78, 5) is -0.190. The summed E-state index contributed by atoms with van der Waals surface area (Å²) in [5.41, 5.74) is 0.753. The van der Waals surface area contributed by atoms with Gasteiger partial charge in [-0.15, -0.1) is 0 Å². The van der Waals surface area contributed by atoms with Crippen LogP contribution in [0.4, 0.5) is 4.39 Å². The number of rotatable bonds is 2. The first-order chi connectivity index (χ1) is 9.50. The van der Waals surface area contributed by atoms with Gasteiger partial charge in [0.2, 0.25) is 10.0 Å². The normalized spacial score (nSPS) is 27.5. The monoisotopic (exact) mass is 298 g/mol. The van der Waals surface area contributed by atoms with Crippen LogP contribution < -0.4 is 5.32 Å². The van der Waals surface area contributed by atoms with E-state index in [-0.39, 0.29) is 10.9 Å². The summed E-state index contributed by atoms with van der Waals surface area (Å²) in [6, 6.07) is 4.21. The summed E-state index contributed by atoms with van der Waals surface area (Å²) < 4.78 is 41.0. The molecule has 6 heteroatoms. The van der Waals surface area contributed by atoms with Gasteiger partial charge in [0.25, 0.3) is 0 Å². The number of fused-ring (bicyclic) bond motifs is 1. The van der Waals surface area contributed by atoms with Crippen molar-refractivity contribution in [1.82, 2.24) is 9.62 Å². The van der Waals surface area contributed by atoms with Gasteiger partial charge in [-0.05, 0) is 49.9 Å². The SMILES string of the molecule is Cc1ccc(F)c(S(=O)(=O)N2CCC[C@H]3CNC[C@H]32)c1. The molecule has 2 aliphatic rings. The van der Waals surface area contributed by atoms with Gasteiger partial charge >= 0.3 is 0 Å². The van der Waals surface area contributed by atoms with Crippen LogP contribution in [-0.2, 0) is 10.0 Å². The molecule has 1 aromatic rings. The zero-order valence-electron chi connectivity index (χ0n) is 11.5. The van der Waals surface area contributed by atoms with Crippen LogP contribution in [0.2, 0.25) is 0 Å². The summed E-state index contributed by atoms with van der Waals surface area (Å²) in [6.07, 6.45) is 1.88. The number of nitrogens with one attached hydrogen (secondary N) is 1. The predicted octanol–water partition coefficient (Wildman–Crippen LogP) is 1.51. The third kappa shape index (κ3) is 2.25. The van der Waals surface area contributed by atoms with Crippen LogP contribution >= 0.6 is 0 Å². The largest absolute Gasteiger partial charge is 0.315 e. The predicted molar refractivity (Wildman–Crippen MR) is 74.4 cm³/mol. The van der Waals surface area contributed by atoms with Crippen molar-refractivity contribution >= 4 is 10.0 Å². The number of aryl methyl sites for hydroxylation is 1. The van der Waals surface area contributed by atoms with Gasteiger partial charge in [-0.25, -0.2) is 12.8 Å². The molecule has 2 atom stereocenters. The van der Waals surface area contributed by atoms with Gasteiger partial charge in [0.15, 0.2) is 0 Å². The van der Waals surface area contributed by atoms with Crippen molar-refractivity contribution in [1.29, 1.82) is 0 Å². The highest BCUT2D eigenvalue weighted by Gasteiger charge is 2.42. The minimum absolute atomic E-state index is 0.0336. The van der Waals surface area contributed by atoms with E-state index in [0.717, 1.165) is 24.9 Å². The van der Waals surface area contributed by atoms with Crippen molar-refractivity contribution in [3.63, 3.8) is 0 Å². The van der Waals surface area contributed by atoms with E-state index in [2.05, 4.69) is 5.32 Å². The van der Waals surface area contributed by atoms with Crippen molar-refractivity contribution < 1.29 is 12.8 Å². The Labute approximate surface area is 119 Å². The first-order valence-corrected chi connectivity index (χ1v) is 8.43. The lowest BCUT2D eigenvalue weighted by atomic mass is 9.94.